The number of benzene rings is 1. The van der Waals surface area contributed by atoms with Crippen molar-refractivity contribution in [3.63, 3.8) is 0 Å². The van der Waals surface area contributed by atoms with E-state index in [4.69, 9.17) is 0 Å². The van der Waals surface area contributed by atoms with Gasteiger partial charge in [0, 0.05) is 0 Å². The van der Waals surface area contributed by atoms with Gasteiger partial charge in [-0.25, -0.2) is 0 Å². The van der Waals surface area contributed by atoms with Gasteiger partial charge in [-0.1, -0.05) is 37.3 Å². The van der Waals surface area contributed by atoms with Crippen molar-refractivity contribution in [1.29, 1.82) is 0 Å². The third kappa shape index (κ3) is 3.93. The minimum Gasteiger partial charge on any atom is -0.100 e. The first-order valence-electron chi connectivity index (χ1n) is 4.39. The van der Waals surface area contributed by atoms with E-state index in [1.54, 1.807) is 0 Å². The van der Waals surface area contributed by atoms with Gasteiger partial charge in [0.1, 0.15) is 0 Å². The summed E-state index contributed by atoms with van der Waals surface area (Å²) >= 11 is 0. The van der Waals surface area contributed by atoms with Crippen molar-refractivity contribution in [2.24, 2.45) is 0 Å². The minimum atomic E-state index is 0. The molecule has 1 rings (SSSR count). The molecule has 0 aliphatic rings. The molecule has 0 amide bonds. The van der Waals surface area contributed by atoms with Gasteiger partial charge in [-0.3, -0.25) is 0 Å². The lowest BCUT2D eigenvalue weighted by atomic mass is 10.0. The van der Waals surface area contributed by atoms with E-state index in [0.717, 1.165) is 12.8 Å². The molecule has 0 aliphatic carbocycles. The standard InChI is InChI=1S/C12H16.CH4/c1-10(2)8-9-12-7-5-4-6-11(12)3;/h4-7H,1,8-9H2,2-3H3;1H4. The second kappa shape index (κ2) is 5.58. The number of hydrogen-bond acceptors (Lipinski definition) is 0. The highest BCUT2D eigenvalue weighted by Crippen LogP contribution is 2.11. The van der Waals surface area contributed by atoms with Crippen LogP contribution in [0.3, 0.4) is 0 Å². The Morgan fingerprint density at radius 2 is 1.92 bits per heavy atom. The van der Waals surface area contributed by atoms with Gasteiger partial charge in [0.25, 0.3) is 0 Å². The minimum absolute atomic E-state index is 0. The smallest absolute Gasteiger partial charge is 0.0239 e. The molecule has 0 spiro atoms. The lowest BCUT2D eigenvalue weighted by molar-refractivity contribution is 0.936. The fourth-order valence-corrected chi connectivity index (χ4v) is 1.24. The Bertz CT molecular complexity index is 271. The summed E-state index contributed by atoms with van der Waals surface area (Å²) in [4.78, 5) is 0. The van der Waals surface area contributed by atoms with Crippen molar-refractivity contribution in [2.45, 2.75) is 34.1 Å². The highest BCUT2D eigenvalue weighted by atomic mass is 14.0. The van der Waals surface area contributed by atoms with Gasteiger partial charge in [-0.15, -0.1) is 6.58 Å². The number of hydrogen-bond donors (Lipinski definition) is 0. The summed E-state index contributed by atoms with van der Waals surface area (Å²) in [7, 11) is 0. The van der Waals surface area contributed by atoms with Crippen LogP contribution in [0.5, 0.6) is 0 Å². The summed E-state index contributed by atoms with van der Waals surface area (Å²) in [6, 6.07) is 8.53. The molecule has 0 nitrogen and oxygen atoms in total. The van der Waals surface area contributed by atoms with Gasteiger partial charge >= 0.3 is 0 Å². The fourth-order valence-electron chi connectivity index (χ4n) is 1.24. The second-order valence-electron chi connectivity index (χ2n) is 3.38. The van der Waals surface area contributed by atoms with Crippen molar-refractivity contribution in [2.75, 3.05) is 0 Å². The molecular formula is C13H20. The fraction of sp³-hybridized carbons (Fsp3) is 0.385. The van der Waals surface area contributed by atoms with Crippen molar-refractivity contribution in [3.8, 4) is 0 Å². The van der Waals surface area contributed by atoms with Crippen LogP contribution < -0.4 is 0 Å². The normalized spacial score (nSPS) is 9.08. The zero-order chi connectivity index (χ0) is 8.97. The van der Waals surface area contributed by atoms with Crippen molar-refractivity contribution >= 4 is 0 Å². The molecule has 72 valence electrons. The average Bonchev–Trinajstić information content (AvgIpc) is 2.03. The summed E-state index contributed by atoms with van der Waals surface area (Å²) in [5.74, 6) is 0. The zero-order valence-corrected chi connectivity index (χ0v) is 7.93. The molecule has 0 unspecified atom stereocenters. The zero-order valence-electron chi connectivity index (χ0n) is 7.93. The SMILES string of the molecule is C.C=C(C)CCc1ccccc1C. The first-order chi connectivity index (χ1) is 5.70. The molecule has 0 saturated carbocycles. The Hall–Kier alpha value is -1.04. The summed E-state index contributed by atoms with van der Waals surface area (Å²) in [5, 5.41) is 0. The molecule has 1 aromatic rings. The van der Waals surface area contributed by atoms with E-state index >= 15 is 0 Å². The predicted octanol–water partition coefficient (Wildman–Crippen LogP) is 4.14. The van der Waals surface area contributed by atoms with Crippen LogP contribution in [0, 0.1) is 6.92 Å². The first-order valence-corrected chi connectivity index (χ1v) is 4.39. The maximum absolute atomic E-state index is 3.90. The highest BCUT2D eigenvalue weighted by Gasteiger charge is 1.95. The molecule has 0 heterocycles. The summed E-state index contributed by atoms with van der Waals surface area (Å²) < 4.78 is 0. The molecule has 0 atom stereocenters. The molecule has 0 heteroatoms. The summed E-state index contributed by atoms with van der Waals surface area (Å²) in [6.07, 6.45) is 2.23. The summed E-state index contributed by atoms with van der Waals surface area (Å²) in [5.41, 5.74) is 4.09. The van der Waals surface area contributed by atoms with Crippen LogP contribution in [0.2, 0.25) is 0 Å². The van der Waals surface area contributed by atoms with E-state index in [1.165, 1.54) is 16.7 Å². The van der Waals surface area contributed by atoms with E-state index in [-0.39, 0.29) is 7.43 Å². The molecule has 0 saturated heterocycles. The Morgan fingerprint density at radius 1 is 1.31 bits per heavy atom. The quantitative estimate of drug-likeness (QED) is 0.607. The number of aryl methyl sites for hydroxylation is 2. The molecule has 0 aromatic heterocycles. The van der Waals surface area contributed by atoms with Crippen LogP contribution in [0.4, 0.5) is 0 Å². The Balaban J connectivity index is 0.00000144. The van der Waals surface area contributed by atoms with Crippen LogP contribution in [0.25, 0.3) is 0 Å². The Morgan fingerprint density at radius 3 is 2.46 bits per heavy atom. The Kier molecular flexibility index (Phi) is 5.13. The predicted molar refractivity (Wildman–Crippen MR) is 61.0 cm³/mol. The van der Waals surface area contributed by atoms with Crippen LogP contribution >= 0.6 is 0 Å². The van der Waals surface area contributed by atoms with E-state index in [2.05, 4.69) is 44.7 Å². The topological polar surface area (TPSA) is 0 Å². The monoisotopic (exact) mass is 176 g/mol. The maximum Gasteiger partial charge on any atom is -0.0239 e. The van der Waals surface area contributed by atoms with Crippen LogP contribution in [0.15, 0.2) is 36.4 Å². The van der Waals surface area contributed by atoms with E-state index in [1.807, 2.05) is 0 Å². The maximum atomic E-state index is 3.90. The van der Waals surface area contributed by atoms with Crippen molar-refractivity contribution < 1.29 is 0 Å². The molecular weight excluding hydrogens is 156 g/mol. The number of allylic oxidation sites excluding steroid dienone is 1. The van der Waals surface area contributed by atoms with E-state index in [0.29, 0.717) is 0 Å². The second-order valence-corrected chi connectivity index (χ2v) is 3.38. The van der Waals surface area contributed by atoms with Gasteiger partial charge in [0.05, 0.1) is 0 Å². The average molecular weight is 176 g/mol. The first kappa shape index (κ1) is 12.0. The molecule has 13 heavy (non-hydrogen) atoms. The van der Waals surface area contributed by atoms with Crippen molar-refractivity contribution in [1.82, 2.24) is 0 Å². The van der Waals surface area contributed by atoms with Gasteiger partial charge in [0.15, 0.2) is 0 Å². The third-order valence-electron chi connectivity index (χ3n) is 2.08. The van der Waals surface area contributed by atoms with Crippen LogP contribution in [-0.4, -0.2) is 0 Å². The molecule has 0 aliphatic heterocycles. The lowest BCUT2D eigenvalue weighted by Crippen LogP contribution is -1.89. The van der Waals surface area contributed by atoms with E-state index < -0.39 is 0 Å². The molecule has 0 fully saturated rings. The van der Waals surface area contributed by atoms with Gasteiger partial charge < -0.3 is 0 Å². The molecule has 0 N–H and O–H groups in total. The van der Waals surface area contributed by atoms with Gasteiger partial charge in [0.2, 0.25) is 0 Å². The highest BCUT2D eigenvalue weighted by molar-refractivity contribution is 5.26. The van der Waals surface area contributed by atoms with Gasteiger partial charge in [-0.05, 0) is 37.8 Å². The Labute approximate surface area is 82.3 Å². The van der Waals surface area contributed by atoms with Crippen LogP contribution in [0.1, 0.15) is 31.9 Å². The number of rotatable bonds is 3. The lowest BCUT2D eigenvalue weighted by Gasteiger charge is -2.04. The van der Waals surface area contributed by atoms with E-state index in [9.17, 15) is 0 Å². The van der Waals surface area contributed by atoms with Crippen LogP contribution in [-0.2, 0) is 6.42 Å². The molecule has 0 bridgehead atoms. The molecule has 0 radical (unpaired) electrons. The molecule has 1 aromatic carbocycles. The largest absolute Gasteiger partial charge is 0.100 e. The third-order valence-corrected chi connectivity index (χ3v) is 2.08. The summed E-state index contributed by atoms with van der Waals surface area (Å²) in [6.45, 7) is 8.14. The van der Waals surface area contributed by atoms with Crippen molar-refractivity contribution in [3.05, 3.63) is 47.5 Å². The van der Waals surface area contributed by atoms with Gasteiger partial charge in [-0.2, -0.15) is 0 Å².